The molecule has 1 aliphatic carbocycles. The molecular formula is C25H41IN4O2. The number of guanidine groups is 1. The average molecular weight is 557 g/mol. The largest absolute Gasteiger partial charge is 0.374 e. The molecule has 6 nitrogen and oxygen atoms in total. The second-order valence-electron chi connectivity index (χ2n) is 9.12. The monoisotopic (exact) mass is 556 g/mol. The first-order valence-electron chi connectivity index (χ1n) is 12.1. The molecule has 2 fully saturated rings. The van der Waals surface area contributed by atoms with Crippen LogP contribution in [0.15, 0.2) is 29.3 Å². The van der Waals surface area contributed by atoms with Gasteiger partial charge in [-0.05, 0) is 51.2 Å². The zero-order valence-electron chi connectivity index (χ0n) is 19.9. The minimum Gasteiger partial charge on any atom is -0.374 e. The van der Waals surface area contributed by atoms with Gasteiger partial charge in [-0.3, -0.25) is 4.79 Å². The zero-order valence-corrected chi connectivity index (χ0v) is 22.3. The molecule has 1 aliphatic heterocycles. The van der Waals surface area contributed by atoms with Gasteiger partial charge in [0.15, 0.2) is 5.96 Å². The average Bonchev–Trinajstić information content (AvgIpc) is 3.25. The fourth-order valence-corrected chi connectivity index (χ4v) is 4.37. The van der Waals surface area contributed by atoms with Crippen molar-refractivity contribution in [3.05, 3.63) is 35.4 Å². The maximum Gasteiger partial charge on any atom is 0.225 e. The highest BCUT2D eigenvalue weighted by Gasteiger charge is 2.31. The molecule has 1 aromatic rings. The van der Waals surface area contributed by atoms with E-state index in [0.29, 0.717) is 19.1 Å². The fraction of sp³-hybridized carbons (Fsp3) is 0.680. The van der Waals surface area contributed by atoms with Gasteiger partial charge in [0.1, 0.15) is 0 Å². The summed E-state index contributed by atoms with van der Waals surface area (Å²) in [6.45, 7) is 9.89. The quantitative estimate of drug-likeness (QED) is 0.282. The van der Waals surface area contributed by atoms with Crippen molar-refractivity contribution < 1.29 is 9.53 Å². The van der Waals surface area contributed by atoms with Gasteiger partial charge in [-0.2, -0.15) is 0 Å². The maximum absolute atomic E-state index is 12.8. The Balaban J connectivity index is 0.00000363. The lowest BCUT2D eigenvalue weighted by Gasteiger charge is -2.26. The topological polar surface area (TPSA) is 66.0 Å². The molecule has 1 aromatic carbocycles. The highest BCUT2D eigenvalue weighted by atomic mass is 127. The van der Waals surface area contributed by atoms with Crippen LogP contribution in [0.3, 0.4) is 0 Å². The lowest BCUT2D eigenvalue weighted by Crippen LogP contribution is -2.45. The first kappa shape index (κ1) is 26.9. The van der Waals surface area contributed by atoms with Crippen LogP contribution < -0.4 is 10.6 Å². The number of likely N-dealkylation sites (tertiary alicyclic amines) is 1. The van der Waals surface area contributed by atoms with Crippen LogP contribution in [-0.2, 0) is 22.7 Å². The van der Waals surface area contributed by atoms with Gasteiger partial charge in [0.05, 0.1) is 19.3 Å². The standard InChI is InChI=1S/C25H40N4O2.HI/c1-4-26-25(27-16-20-10-12-21(13-11-20)18-31-19(2)3)28-23-14-15-29(17-23)24(30)22-8-6-5-7-9-22;/h10-13,19,22-23H,4-9,14-18H2,1-3H3,(H2,26,27,28);1H. The van der Waals surface area contributed by atoms with Crippen LogP contribution in [0.25, 0.3) is 0 Å². The Morgan fingerprint density at radius 1 is 1.12 bits per heavy atom. The number of hydrogen-bond donors (Lipinski definition) is 2. The van der Waals surface area contributed by atoms with Crippen molar-refractivity contribution in [3.8, 4) is 0 Å². The molecule has 32 heavy (non-hydrogen) atoms. The number of carbonyl (C=O) groups is 1. The van der Waals surface area contributed by atoms with Gasteiger partial charge in [0.25, 0.3) is 0 Å². The Labute approximate surface area is 211 Å². The summed E-state index contributed by atoms with van der Waals surface area (Å²) >= 11 is 0. The smallest absolute Gasteiger partial charge is 0.225 e. The number of rotatable bonds is 8. The van der Waals surface area contributed by atoms with Gasteiger partial charge in [-0.15, -0.1) is 24.0 Å². The van der Waals surface area contributed by atoms with Crippen LogP contribution in [0.1, 0.15) is 70.4 Å². The molecule has 1 unspecified atom stereocenters. The summed E-state index contributed by atoms with van der Waals surface area (Å²) in [6.07, 6.45) is 7.05. The molecule has 0 bridgehead atoms. The van der Waals surface area contributed by atoms with Crippen molar-refractivity contribution in [2.45, 2.75) is 84.6 Å². The molecule has 1 atom stereocenters. The lowest BCUT2D eigenvalue weighted by atomic mass is 9.88. The molecule has 0 aromatic heterocycles. The minimum atomic E-state index is 0. The SMILES string of the molecule is CCNC(=NCc1ccc(COC(C)C)cc1)NC1CCN(C(=O)C2CCCCC2)C1.I. The van der Waals surface area contributed by atoms with Crippen LogP contribution in [-0.4, -0.2) is 48.5 Å². The van der Waals surface area contributed by atoms with Crippen molar-refractivity contribution in [1.29, 1.82) is 0 Å². The molecule has 1 amide bonds. The Kier molecular flexibility index (Phi) is 11.8. The number of nitrogens with one attached hydrogen (secondary N) is 2. The summed E-state index contributed by atoms with van der Waals surface area (Å²) in [6, 6.07) is 8.72. The first-order valence-corrected chi connectivity index (χ1v) is 12.1. The van der Waals surface area contributed by atoms with Gasteiger partial charge < -0.3 is 20.3 Å². The van der Waals surface area contributed by atoms with Gasteiger partial charge in [-0.1, -0.05) is 43.5 Å². The van der Waals surface area contributed by atoms with Gasteiger partial charge in [0, 0.05) is 31.6 Å². The van der Waals surface area contributed by atoms with E-state index in [0.717, 1.165) is 44.9 Å². The molecule has 0 radical (unpaired) electrons. The normalized spacial score (nSPS) is 19.7. The molecular weight excluding hydrogens is 515 g/mol. The molecule has 3 rings (SSSR count). The van der Waals surface area contributed by atoms with Crippen molar-refractivity contribution in [1.82, 2.24) is 15.5 Å². The third kappa shape index (κ3) is 8.54. The van der Waals surface area contributed by atoms with E-state index in [1.54, 1.807) is 0 Å². The minimum absolute atomic E-state index is 0. The number of ether oxygens (including phenoxy) is 1. The van der Waals surface area contributed by atoms with E-state index < -0.39 is 0 Å². The Bertz CT molecular complexity index is 717. The van der Waals surface area contributed by atoms with E-state index >= 15 is 0 Å². The summed E-state index contributed by atoms with van der Waals surface area (Å²) in [7, 11) is 0. The molecule has 2 N–H and O–H groups in total. The molecule has 2 aliphatic rings. The summed E-state index contributed by atoms with van der Waals surface area (Å²) in [5.41, 5.74) is 2.35. The summed E-state index contributed by atoms with van der Waals surface area (Å²) < 4.78 is 5.66. The van der Waals surface area contributed by atoms with E-state index in [9.17, 15) is 4.79 Å². The van der Waals surface area contributed by atoms with Crippen LogP contribution in [0.5, 0.6) is 0 Å². The second-order valence-corrected chi connectivity index (χ2v) is 9.12. The maximum atomic E-state index is 12.8. The first-order chi connectivity index (χ1) is 15.0. The third-order valence-electron chi connectivity index (χ3n) is 6.17. The van der Waals surface area contributed by atoms with Crippen molar-refractivity contribution in [2.75, 3.05) is 19.6 Å². The molecule has 180 valence electrons. The van der Waals surface area contributed by atoms with Crippen molar-refractivity contribution in [2.24, 2.45) is 10.9 Å². The summed E-state index contributed by atoms with van der Waals surface area (Å²) in [5.74, 6) is 1.45. The third-order valence-corrected chi connectivity index (χ3v) is 6.17. The van der Waals surface area contributed by atoms with Gasteiger partial charge in [0.2, 0.25) is 5.91 Å². The van der Waals surface area contributed by atoms with Crippen LogP contribution in [0.4, 0.5) is 0 Å². The van der Waals surface area contributed by atoms with Gasteiger partial charge >= 0.3 is 0 Å². The van der Waals surface area contributed by atoms with Crippen molar-refractivity contribution >= 4 is 35.8 Å². The molecule has 1 saturated carbocycles. The number of amides is 1. The number of aliphatic imine (C=N–C) groups is 1. The second kappa shape index (κ2) is 14.0. The van der Waals surface area contributed by atoms with E-state index in [4.69, 9.17) is 9.73 Å². The Morgan fingerprint density at radius 2 is 1.81 bits per heavy atom. The molecule has 1 saturated heterocycles. The number of benzene rings is 1. The van der Waals surface area contributed by atoms with Crippen LogP contribution in [0.2, 0.25) is 0 Å². The predicted octanol–water partition coefficient (Wildman–Crippen LogP) is 4.47. The summed E-state index contributed by atoms with van der Waals surface area (Å²) in [4.78, 5) is 19.7. The number of hydrogen-bond acceptors (Lipinski definition) is 3. The van der Waals surface area contributed by atoms with Crippen LogP contribution in [0, 0.1) is 5.92 Å². The van der Waals surface area contributed by atoms with Crippen LogP contribution >= 0.6 is 24.0 Å². The lowest BCUT2D eigenvalue weighted by molar-refractivity contribution is -0.135. The number of nitrogens with zero attached hydrogens (tertiary/aromatic N) is 2. The highest BCUT2D eigenvalue weighted by molar-refractivity contribution is 14.0. The molecule has 7 heteroatoms. The van der Waals surface area contributed by atoms with E-state index in [1.807, 2.05) is 13.8 Å². The zero-order chi connectivity index (χ0) is 22.1. The number of halogens is 1. The Hall–Kier alpha value is -1.35. The molecule has 0 spiro atoms. The Morgan fingerprint density at radius 3 is 2.47 bits per heavy atom. The van der Waals surface area contributed by atoms with Gasteiger partial charge in [-0.25, -0.2) is 4.99 Å². The van der Waals surface area contributed by atoms with E-state index in [2.05, 4.69) is 46.7 Å². The highest BCUT2D eigenvalue weighted by Crippen LogP contribution is 2.26. The van der Waals surface area contributed by atoms with Crippen molar-refractivity contribution in [3.63, 3.8) is 0 Å². The number of carbonyl (C=O) groups excluding carboxylic acids is 1. The molecule has 1 heterocycles. The van der Waals surface area contributed by atoms with E-state index in [1.165, 1.54) is 30.4 Å². The van der Waals surface area contributed by atoms with E-state index in [-0.39, 0.29) is 42.0 Å². The predicted molar refractivity (Wildman–Crippen MR) is 141 cm³/mol. The fourth-order valence-electron chi connectivity index (χ4n) is 4.37. The summed E-state index contributed by atoms with van der Waals surface area (Å²) in [5, 5.41) is 6.89.